The molecule has 0 heterocycles. The summed E-state index contributed by atoms with van der Waals surface area (Å²) in [6, 6.07) is 0.588. The zero-order chi connectivity index (χ0) is 12.3. The quantitative estimate of drug-likeness (QED) is 0.454. The number of nitrogens with two attached hydrogens (primary N) is 1. The van der Waals surface area contributed by atoms with Gasteiger partial charge in [-0.2, -0.15) is 0 Å². The van der Waals surface area contributed by atoms with Crippen LogP contribution >= 0.6 is 24.0 Å². The van der Waals surface area contributed by atoms with Crippen LogP contribution in [0.5, 0.6) is 0 Å². The largest absolute Gasteiger partial charge is 0.391 e. The van der Waals surface area contributed by atoms with Gasteiger partial charge in [-0.1, -0.05) is 19.3 Å². The Labute approximate surface area is 127 Å². The normalized spacial score (nSPS) is 23.3. The van der Waals surface area contributed by atoms with Gasteiger partial charge in [-0.3, -0.25) is 4.99 Å². The molecule has 0 aromatic carbocycles. The van der Waals surface area contributed by atoms with E-state index in [2.05, 4.69) is 4.99 Å². The molecule has 106 valence electrons. The lowest BCUT2D eigenvalue weighted by Crippen LogP contribution is -2.37. The van der Waals surface area contributed by atoms with Gasteiger partial charge in [0.2, 0.25) is 0 Å². The van der Waals surface area contributed by atoms with E-state index in [9.17, 15) is 5.11 Å². The summed E-state index contributed by atoms with van der Waals surface area (Å²) in [6.07, 6.45) is 8.26. The topological polar surface area (TPSA) is 61.8 Å². The van der Waals surface area contributed by atoms with E-state index in [1.165, 1.54) is 32.1 Å². The SMILES string of the molecule is CN(C(N)=NCC(O)C1CCCCC1)C1CC1.I. The molecule has 3 N–H and O–H groups in total. The van der Waals surface area contributed by atoms with Gasteiger partial charge in [0.15, 0.2) is 5.96 Å². The molecular formula is C13H26IN3O. The van der Waals surface area contributed by atoms with E-state index in [1.54, 1.807) is 0 Å². The summed E-state index contributed by atoms with van der Waals surface area (Å²) >= 11 is 0. The van der Waals surface area contributed by atoms with Gasteiger partial charge in [-0.25, -0.2) is 0 Å². The molecule has 0 aliphatic heterocycles. The van der Waals surface area contributed by atoms with Crippen LogP contribution in [0.25, 0.3) is 0 Å². The minimum atomic E-state index is -0.304. The molecule has 4 nitrogen and oxygen atoms in total. The summed E-state index contributed by atoms with van der Waals surface area (Å²) in [7, 11) is 1.99. The third kappa shape index (κ3) is 4.57. The molecule has 0 amide bonds. The van der Waals surface area contributed by atoms with Gasteiger partial charge in [0.05, 0.1) is 12.6 Å². The van der Waals surface area contributed by atoms with Crippen molar-refractivity contribution < 1.29 is 5.11 Å². The summed E-state index contributed by atoms with van der Waals surface area (Å²) in [6.45, 7) is 0.466. The molecule has 2 saturated carbocycles. The van der Waals surface area contributed by atoms with Crippen molar-refractivity contribution in [3.8, 4) is 0 Å². The van der Waals surface area contributed by atoms with E-state index in [0.717, 1.165) is 12.8 Å². The van der Waals surface area contributed by atoms with Crippen molar-refractivity contribution in [1.82, 2.24) is 4.90 Å². The van der Waals surface area contributed by atoms with Gasteiger partial charge < -0.3 is 15.7 Å². The monoisotopic (exact) mass is 367 g/mol. The Morgan fingerprint density at radius 3 is 2.44 bits per heavy atom. The first-order valence-electron chi connectivity index (χ1n) is 6.89. The zero-order valence-electron chi connectivity index (χ0n) is 11.2. The van der Waals surface area contributed by atoms with Crippen LogP contribution in [0.3, 0.4) is 0 Å². The second kappa shape index (κ2) is 7.53. The van der Waals surface area contributed by atoms with Crippen molar-refractivity contribution in [2.24, 2.45) is 16.6 Å². The van der Waals surface area contributed by atoms with E-state index < -0.39 is 0 Å². The molecular weight excluding hydrogens is 341 g/mol. The predicted octanol–water partition coefficient (Wildman–Crippen LogP) is 1.95. The minimum Gasteiger partial charge on any atom is -0.391 e. The molecule has 2 aliphatic carbocycles. The molecule has 1 atom stereocenters. The smallest absolute Gasteiger partial charge is 0.191 e. The van der Waals surface area contributed by atoms with Gasteiger partial charge in [0.25, 0.3) is 0 Å². The van der Waals surface area contributed by atoms with Gasteiger partial charge in [0, 0.05) is 13.1 Å². The minimum absolute atomic E-state index is 0. The van der Waals surface area contributed by atoms with Crippen molar-refractivity contribution in [2.45, 2.75) is 57.1 Å². The lowest BCUT2D eigenvalue weighted by atomic mass is 9.85. The maximum absolute atomic E-state index is 10.1. The first kappa shape index (κ1) is 16.0. The van der Waals surface area contributed by atoms with E-state index >= 15 is 0 Å². The summed E-state index contributed by atoms with van der Waals surface area (Å²) < 4.78 is 0. The van der Waals surface area contributed by atoms with Crippen molar-refractivity contribution in [1.29, 1.82) is 0 Å². The third-order valence-electron chi connectivity index (χ3n) is 4.09. The lowest BCUT2D eigenvalue weighted by molar-refractivity contribution is 0.0922. The first-order chi connectivity index (χ1) is 8.18. The fourth-order valence-electron chi connectivity index (χ4n) is 2.62. The van der Waals surface area contributed by atoms with E-state index in [0.29, 0.717) is 24.5 Å². The molecule has 0 radical (unpaired) electrons. The molecule has 18 heavy (non-hydrogen) atoms. The summed E-state index contributed by atoms with van der Waals surface area (Å²) in [5.74, 6) is 1.02. The highest BCUT2D eigenvalue weighted by atomic mass is 127. The molecule has 2 rings (SSSR count). The van der Waals surface area contributed by atoms with Crippen molar-refractivity contribution in [2.75, 3.05) is 13.6 Å². The highest BCUT2D eigenvalue weighted by Gasteiger charge is 2.27. The number of aliphatic hydroxyl groups is 1. The fourth-order valence-corrected chi connectivity index (χ4v) is 2.62. The lowest BCUT2D eigenvalue weighted by Gasteiger charge is -2.26. The molecule has 0 spiro atoms. The number of guanidine groups is 1. The number of aliphatic hydroxyl groups excluding tert-OH is 1. The Balaban J connectivity index is 0.00000162. The van der Waals surface area contributed by atoms with Crippen molar-refractivity contribution in [3.05, 3.63) is 0 Å². The van der Waals surface area contributed by atoms with Crippen LogP contribution in [0, 0.1) is 5.92 Å². The maximum Gasteiger partial charge on any atom is 0.191 e. The van der Waals surface area contributed by atoms with E-state index in [-0.39, 0.29) is 30.1 Å². The van der Waals surface area contributed by atoms with Gasteiger partial charge in [-0.15, -0.1) is 24.0 Å². The molecule has 0 aromatic heterocycles. The van der Waals surface area contributed by atoms with Crippen molar-refractivity contribution >= 4 is 29.9 Å². The van der Waals surface area contributed by atoms with Crippen LogP contribution in [0.15, 0.2) is 4.99 Å². The van der Waals surface area contributed by atoms with Gasteiger partial charge >= 0.3 is 0 Å². The Morgan fingerprint density at radius 1 is 1.28 bits per heavy atom. The third-order valence-corrected chi connectivity index (χ3v) is 4.09. The Morgan fingerprint density at radius 2 is 1.89 bits per heavy atom. The molecule has 2 aliphatic rings. The Hall–Kier alpha value is -0.0400. The summed E-state index contributed by atoms with van der Waals surface area (Å²) in [5, 5.41) is 10.1. The number of aliphatic imine (C=N–C) groups is 1. The number of halogens is 1. The second-order valence-electron chi connectivity index (χ2n) is 5.51. The highest BCUT2D eigenvalue weighted by Crippen LogP contribution is 2.27. The Kier molecular flexibility index (Phi) is 6.70. The number of hydrogen-bond donors (Lipinski definition) is 2. The highest BCUT2D eigenvalue weighted by molar-refractivity contribution is 14.0. The van der Waals surface area contributed by atoms with Crippen LogP contribution < -0.4 is 5.73 Å². The van der Waals surface area contributed by atoms with E-state index in [1.807, 2.05) is 11.9 Å². The molecule has 5 heteroatoms. The van der Waals surface area contributed by atoms with Gasteiger partial charge in [-0.05, 0) is 31.6 Å². The number of nitrogens with zero attached hydrogens (tertiary/aromatic N) is 2. The van der Waals surface area contributed by atoms with Crippen LogP contribution in [0.4, 0.5) is 0 Å². The van der Waals surface area contributed by atoms with Crippen LogP contribution in [0.1, 0.15) is 44.9 Å². The van der Waals surface area contributed by atoms with Gasteiger partial charge in [0.1, 0.15) is 0 Å². The second-order valence-corrected chi connectivity index (χ2v) is 5.51. The average Bonchev–Trinajstić information content (AvgIpc) is 3.20. The van der Waals surface area contributed by atoms with Crippen LogP contribution in [0.2, 0.25) is 0 Å². The average molecular weight is 367 g/mol. The molecule has 2 fully saturated rings. The Bertz CT molecular complexity index is 275. The van der Waals surface area contributed by atoms with Crippen molar-refractivity contribution in [3.63, 3.8) is 0 Å². The molecule has 0 aromatic rings. The first-order valence-corrected chi connectivity index (χ1v) is 6.89. The van der Waals surface area contributed by atoms with Crippen LogP contribution in [-0.4, -0.2) is 41.7 Å². The number of rotatable bonds is 4. The van der Waals surface area contributed by atoms with E-state index in [4.69, 9.17) is 5.73 Å². The fraction of sp³-hybridized carbons (Fsp3) is 0.923. The molecule has 0 saturated heterocycles. The number of hydrogen-bond acceptors (Lipinski definition) is 2. The standard InChI is InChI=1S/C13H25N3O.HI/c1-16(11-7-8-11)13(14)15-9-12(17)10-5-3-2-4-6-10;/h10-12,17H,2-9H2,1H3,(H2,14,15);1H. The summed E-state index contributed by atoms with van der Waals surface area (Å²) in [4.78, 5) is 6.37. The summed E-state index contributed by atoms with van der Waals surface area (Å²) in [5.41, 5.74) is 5.90. The van der Waals surface area contributed by atoms with Crippen LogP contribution in [-0.2, 0) is 0 Å². The zero-order valence-corrected chi connectivity index (χ0v) is 13.5. The predicted molar refractivity (Wildman–Crippen MR) is 85.3 cm³/mol. The molecule has 1 unspecified atom stereocenters. The maximum atomic E-state index is 10.1. The molecule has 0 bridgehead atoms.